The van der Waals surface area contributed by atoms with Crippen LogP contribution in [0, 0.1) is 5.82 Å². The highest BCUT2D eigenvalue weighted by molar-refractivity contribution is 5.69. The van der Waals surface area contributed by atoms with E-state index in [4.69, 9.17) is 9.26 Å². The molecule has 1 aliphatic heterocycles. The summed E-state index contributed by atoms with van der Waals surface area (Å²) >= 11 is 0. The van der Waals surface area contributed by atoms with E-state index in [1.54, 1.807) is 23.2 Å². The summed E-state index contributed by atoms with van der Waals surface area (Å²) in [5, 5.41) is 4.03. The molecule has 0 saturated carbocycles. The molecular formula is C22H23FN4O3. The van der Waals surface area contributed by atoms with E-state index in [1.807, 2.05) is 32.9 Å². The van der Waals surface area contributed by atoms with E-state index in [9.17, 15) is 9.18 Å². The number of aromatic nitrogens is 3. The van der Waals surface area contributed by atoms with Crippen LogP contribution in [0.3, 0.4) is 0 Å². The van der Waals surface area contributed by atoms with Gasteiger partial charge >= 0.3 is 6.09 Å². The first-order valence-corrected chi connectivity index (χ1v) is 9.86. The Morgan fingerprint density at radius 3 is 2.77 bits per heavy atom. The maximum absolute atomic E-state index is 13.4. The fourth-order valence-corrected chi connectivity index (χ4v) is 3.40. The number of likely N-dealkylation sites (tertiary alicyclic amines) is 1. The highest BCUT2D eigenvalue weighted by Gasteiger charge is 2.36. The lowest BCUT2D eigenvalue weighted by atomic mass is 10.1. The molecule has 1 aromatic carbocycles. The number of benzene rings is 1. The zero-order chi connectivity index (χ0) is 21.3. The second kappa shape index (κ2) is 7.85. The molecule has 0 N–H and O–H groups in total. The van der Waals surface area contributed by atoms with Gasteiger partial charge in [0.15, 0.2) is 0 Å². The van der Waals surface area contributed by atoms with E-state index < -0.39 is 5.60 Å². The van der Waals surface area contributed by atoms with Gasteiger partial charge in [-0.05, 0) is 57.4 Å². The first-order valence-electron chi connectivity index (χ1n) is 9.86. The first-order chi connectivity index (χ1) is 14.3. The molecule has 0 spiro atoms. The summed E-state index contributed by atoms with van der Waals surface area (Å²) in [6.07, 6.45) is 2.82. The van der Waals surface area contributed by atoms with Gasteiger partial charge in [0.05, 0.1) is 0 Å². The van der Waals surface area contributed by atoms with Crippen LogP contribution in [0.15, 0.2) is 47.1 Å². The Bertz CT molecular complexity index is 1040. The van der Waals surface area contributed by atoms with E-state index >= 15 is 0 Å². The molecule has 2 aromatic heterocycles. The van der Waals surface area contributed by atoms with E-state index in [0.29, 0.717) is 24.0 Å². The minimum atomic E-state index is -0.572. The fourth-order valence-electron chi connectivity index (χ4n) is 3.40. The van der Waals surface area contributed by atoms with E-state index in [1.165, 1.54) is 12.1 Å². The van der Waals surface area contributed by atoms with Crippen LogP contribution in [0.4, 0.5) is 9.18 Å². The van der Waals surface area contributed by atoms with Crippen molar-refractivity contribution in [3.63, 3.8) is 0 Å². The molecule has 0 radical (unpaired) electrons. The molecule has 0 bridgehead atoms. The van der Waals surface area contributed by atoms with Crippen LogP contribution in [0.1, 0.15) is 45.5 Å². The lowest BCUT2D eigenvalue weighted by molar-refractivity contribution is 0.0199. The van der Waals surface area contributed by atoms with Crippen molar-refractivity contribution in [3.05, 3.63) is 54.3 Å². The molecule has 156 valence electrons. The minimum Gasteiger partial charge on any atom is -0.444 e. The SMILES string of the molecule is CC(C)(C)OC(=O)N1CCCC1c1nc(-c2ccc(-c3cccc(F)c3)cn2)no1. The van der Waals surface area contributed by atoms with Gasteiger partial charge in [0.25, 0.3) is 0 Å². The number of ether oxygens (including phenoxy) is 1. The standard InChI is InChI=1S/C22H23FN4O3/c1-22(2,3)29-21(28)27-11-5-8-18(27)20-25-19(26-30-20)17-10-9-15(13-24-17)14-6-4-7-16(23)12-14/h4,6-7,9-10,12-13,18H,5,8,11H2,1-3H3. The predicted octanol–water partition coefficient (Wildman–Crippen LogP) is 5.01. The lowest BCUT2D eigenvalue weighted by Crippen LogP contribution is -2.36. The molecular weight excluding hydrogens is 387 g/mol. The van der Waals surface area contributed by atoms with Crippen LogP contribution >= 0.6 is 0 Å². The third kappa shape index (κ3) is 4.32. The Morgan fingerprint density at radius 1 is 1.23 bits per heavy atom. The maximum atomic E-state index is 13.4. The van der Waals surface area contributed by atoms with Gasteiger partial charge in [-0.3, -0.25) is 9.88 Å². The second-order valence-corrected chi connectivity index (χ2v) is 8.23. The largest absolute Gasteiger partial charge is 0.444 e. The molecule has 4 rings (SSSR count). The van der Waals surface area contributed by atoms with Crippen LogP contribution in [0.25, 0.3) is 22.6 Å². The van der Waals surface area contributed by atoms with Crippen LogP contribution in [-0.2, 0) is 4.74 Å². The van der Waals surface area contributed by atoms with Gasteiger partial charge in [-0.15, -0.1) is 0 Å². The van der Waals surface area contributed by atoms with Crippen molar-refractivity contribution in [1.29, 1.82) is 0 Å². The quantitative estimate of drug-likeness (QED) is 0.604. The molecule has 7 nitrogen and oxygen atoms in total. The Labute approximate surface area is 173 Å². The van der Waals surface area contributed by atoms with Crippen molar-refractivity contribution < 1.29 is 18.4 Å². The molecule has 1 unspecified atom stereocenters. The van der Waals surface area contributed by atoms with E-state index in [2.05, 4.69) is 15.1 Å². The van der Waals surface area contributed by atoms with E-state index in [-0.39, 0.29) is 18.0 Å². The smallest absolute Gasteiger partial charge is 0.410 e. The van der Waals surface area contributed by atoms with Gasteiger partial charge < -0.3 is 9.26 Å². The highest BCUT2D eigenvalue weighted by atomic mass is 19.1. The third-order valence-electron chi connectivity index (χ3n) is 4.76. The number of carbonyl (C=O) groups excluding carboxylic acids is 1. The van der Waals surface area contributed by atoms with Gasteiger partial charge in [-0.1, -0.05) is 23.4 Å². The average molecular weight is 410 g/mol. The molecule has 1 aliphatic rings. The number of amides is 1. The number of hydrogen-bond donors (Lipinski definition) is 0. The van der Waals surface area contributed by atoms with Crippen LogP contribution in [0.5, 0.6) is 0 Å². The van der Waals surface area contributed by atoms with Crippen molar-refractivity contribution in [2.45, 2.75) is 45.3 Å². The Kier molecular flexibility index (Phi) is 5.24. The number of rotatable bonds is 3. The fraction of sp³-hybridized carbons (Fsp3) is 0.364. The summed E-state index contributed by atoms with van der Waals surface area (Å²) in [4.78, 5) is 23.0. The Hall–Kier alpha value is -3.29. The number of halogens is 1. The second-order valence-electron chi connectivity index (χ2n) is 8.23. The molecule has 1 saturated heterocycles. The molecule has 1 atom stereocenters. The van der Waals surface area contributed by atoms with Crippen LogP contribution in [-0.4, -0.2) is 38.3 Å². The van der Waals surface area contributed by atoms with Crippen molar-refractivity contribution in [2.24, 2.45) is 0 Å². The summed E-state index contributed by atoms with van der Waals surface area (Å²) in [7, 11) is 0. The van der Waals surface area contributed by atoms with Gasteiger partial charge in [0.2, 0.25) is 11.7 Å². The van der Waals surface area contributed by atoms with Gasteiger partial charge in [0, 0.05) is 18.3 Å². The third-order valence-corrected chi connectivity index (χ3v) is 4.76. The molecule has 3 heterocycles. The predicted molar refractivity (Wildman–Crippen MR) is 108 cm³/mol. The van der Waals surface area contributed by atoms with Gasteiger partial charge in [-0.25, -0.2) is 9.18 Å². The van der Waals surface area contributed by atoms with Crippen molar-refractivity contribution >= 4 is 6.09 Å². The maximum Gasteiger partial charge on any atom is 0.410 e. The van der Waals surface area contributed by atoms with Crippen molar-refractivity contribution in [3.8, 4) is 22.6 Å². The van der Waals surface area contributed by atoms with Gasteiger partial charge in [0.1, 0.15) is 23.2 Å². The Balaban J connectivity index is 1.52. The molecule has 30 heavy (non-hydrogen) atoms. The molecule has 1 amide bonds. The number of pyridine rings is 1. The van der Waals surface area contributed by atoms with Crippen molar-refractivity contribution in [1.82, 2.24) is 20.0 Å². The summed E-state index contributed by atoms with van der Waals surface area (Å²) in [6, 6.07) is 9.60. The Morgan fingerprint density at radius 2 is 2.07 bits per heavy atom. The van der Waals surface area contributed by atoms with E-state index in [0.717, 1.165) is 24.0 Å². The topological polar surface area (TPSA) is 81.4 Å². The number of carbonyl (C=O) groups is 1. The zero-order valence-electron chi connectivity index (χ0n) is 17.1. The zero-order valence-corrected chi connectivity index (χ0v) is 17.1. The average Bonchev–Trinajstić information content (AvgIpc) is 3.36. The number of nitrogens with zero attached hydrogens (tertiary/aromatic N) is 4. The van der Waals surface area contributed by atoms with Crippen molar-refractivity contribution in [2.75, 3.05) is 6.54 Å². The molecule has 1 fully saturated rings. The molecule has 3 aromatic rings. The summed E-state index contributed by atoms with van der Waals surface area (Å²) < 4.78 is 24.4. The highest BCUT2D eigenvalue weighted by Crippen LogP contribution is 2.33. The molecule has 0 aliphatic carbocycles. The lowest BCUT2D eigenvalue weighted by Gasteiger charge is -2.26. The van der Waals surface area contributed by atoms with Crippen LogP contribution < -0.4 is 0 Å². The van der Waals surface area contributed by atoms with Gasteiger partial charge in [-0.2, -0.15) is 4.98 Å². The minimum absolute atomic E-state index is 0.300. The summed E-state index contributed by atoms with van der Waals surface area (Å²) in [6.45, 7) is 6.08. The first kappa shape index (κ1) is 20.0. The number of hydrogen-bond acceptors (Lipinski definition) is 6. The summed E-state index contributed by atoms with van der Waals surface area (Å²) in [5.74, 6) is 0.404. The summed E-state index contributed by atoms with van der Waals surface area (Å²) in [5.41, 5.74) is 1.49. The van der Waals surface area contributed by atoms with Crippen LogP contribution in [0.2, 0.25) is 0 Å². The normalized spacial score (nSPS) is 16.7. The monoisotopic (exact) mass is 410 g/mol. The molecule has 8 heteroatoms.